The number of aromatic carboxylic acids is 1. The van der Waals surface area contributed by atoms with Crippen molar-refractivity contribution >= 4 is 24.8 Å². The van der Waals surface area contributed by atoms with E-state index in [2.05, 4.69) is 5.32 Å². The molecule has 1 heterocycles. The molecule has 1 aliphatic rings. The zero-order valence-electron chi connectivity index (χ0n) is 12.6. The first-order chi connectivity index (χ1) is 11.2. The van der Waals surface area contributed by atoms with Crippen molar-refractivity contribution in [3.63, 3.8) is 0 Å². The van der Waals surface area contributed by atoms with Crippen LogP contribution in [0.25, 0.3) is 0 Å². The molecule has 10 heteroatoms. The first kappa shape index (κ1) is 17.9. The zero-order valence-corrected chi connectivity index (χ0v) is 12.6. The molecule has 128 valence electrons. The summed E-state index contributed by atoms with van der Waals surface area (Å²) in [4.78, 5) is 33.7. The zero-order chi connectivity index (χ0) is 18.0. The average Bonchev–Trinajstić information content (AvgIpc) is 2.48. The summed E-state index contributed by atoms with van der Waals surface area (Å²) in [6, 6.07) is 0.762. The highest BCUT2D eigenvalue weighted by molar-refractivity contribution is 6.47. The van der Waals surface area contributed by atoms with E-state index in [1.807, 2.05) is 0 Å². The number of amides is 1. The van der Waals surface area contributed by atoms with Gasteiger partial charge in [-0.1, -0.05) is 0 Å². The molecule has 1 aliphatic heterocycles. The van der Waals surface area contributed by atoms with Crippen LogP contribution >= 0.6 is 0 Å². The van der Waals surface area contributed by atoms with Crippen molar-refractivity contribution < 1.29 is 37.9 Å². The number of nitrogens with one attached hydrogen (secondary N) is 1. The molecule has 1 amide bonds. The summed E-state index contributed by atoms with van der Waals surface area (Å²) >= 11 is 0. The van der Waals surface area contributed by atoms with Crippen LogP contribution in [0.5, 0.6) is 5.75 Å². The molecule has 0 radical (unpaired) electrons. The van der Waals surface area contributed by atoms with Crippen LogP contribution < -0.4 is 9.97 Å². The molecule has 1 aromatic carbocycles. The minimum absolute atomic E-state index is 0.00784. The molecule has 0 aromatic heterocycles. The maximum atomic E-state index is 13.6. The van der Waals surface area contributed by atoms with Gasteiger partial charge >= 0.3 is 13.1 Å². The van der Waals surface area contributed by atoms with Crippen LogP contribution in [0.15, 0.2) is 6.07 Å². The lowest BCUT2D eigenvalue weighted by molar-refractivity contribution is -0.124. The first-order valence-corrected chi connectivity index (χ1v) is 7.08. The van der Waals surface area contributed by atoms with E-state index in [-0.39, 0.29) is 30.6 Å². The second-order valence-electron chi connectivity index (χ2n) is 5.43. The molecule has 1 aromatic rings. The number of rotatable bonds is 5. The van der Waals surface area contributed by atoms with Gasteiger partial charge in [-0.3, -0.25) is 4.79 Å². The fraction of sp³-hybridized carbons (Fsp3) is 0.357. The van der Waals surface area contributed by atoms with Gasteiger partial charge in [0.15, 0.2) is 11.6 Å². The molecule has 24 heavy (non-hydrogen) atoms. The Balaban J connectivity index is 2.23. The van der Waals surface area contributed by atoms with Gasteiger partial charge in [0.2, 0.25) is 5.91 Å². The van der Waals surface area contributed by atoms with Crippen molar-refractivity contribution in [2.75, 3.05) is 0 Å². The number of benzene rings is 1. The summed E-state index contributed by atoms with van der Waals surface area (Å²) in [5, 5.41) is 21.3. The fourth-order valence-corrected chi connectivity index (χ4v) is 2.37. The Labute approximate surface area is 135 Å². The second kappa shape index (κ2) is 6.96. The number of hydrogen-bond donors (Lipinski definition) is 3. The highest BCUT2D eigenvalue weighted by Gasteiger charge is 2.39. The van der Waals surface area contributed by atoms with Gasteiger partial charge in [-0.25, -0.2) is 13.6 Å². The lowest BCUT2D eigenvalue weighted by atomic mass is 9.72. The number of hydrogen-bond acceptors (Lipinski definition) is 5. The fourth-order valence-electron chi connectivity index (χ4n) is 2.37. The molecule has 0 bridgehead atoms. The van der Waals surface area contributed by atoms with Crippen LogP contribution in [0.1, 0.15) is 35.7 Å². The number of ketones is 1. The Morgan fingerprint density at radius 1 is 1.38 bits per heavy atom. The Bertz CT molecular complexity index is 711. The maximum absolute atomic E-state index is 13.6. The van der Waals surface area contributed by atoms with Gasteiger partial charge in [-0.2, -0.15) is 0 Å². The Kier molecular flexibility index (Phi) is 5.18. The maximum Gasteiger partial charge on any atom is 0.547 e. The van der Waals surface area contributed by atoms with E-state index >= 15 is 0 Å². The molecular weight excluding hydrogens is 327 g/mol. The number of carboxylic acid groups (broad SMARTS) is 1. The minimum Gasteiger partial charge on any atom is -0.534 e. The van der Waals surface area contributed by atoms with Crippen molar-refractivity contribution in [2.24, 2.45) is 0 Å². The van der Waals surface area contributed by atoms with Crippen LogP contribution in [0.4, 0.5) is 8.78 Å². The molecule has 1 unspecified atom stereocenters. The summed E-state index contributed by atoms with van der Waals surface area (Å²) in [5.41, 5.74) is -1.00. The van der Waals surface area contributed by atoms with Gasteiger partial charge in [0.25, 0.3) is 0 Å². The van der Waals surface area contributed by atoms with Crippen LogP contribution in [0.3, 0.4) is 0 Å². The lowest BCUT2D eigenvalue weighted by Gasteiger charge is -2.29. The molecule has 0 aliphatic carbocycles. The predicted octanol–water partition coefficient (Wildman–Crippen LogP) is 0.472. The van der Waals surface area contributed by atoms with E-state index in [1.54, 1.807) is 0 Å². The van der Waals surface area contributed by atoms with Crippen molar-refractivity contribution in [1.82, 2.24) is 5.32 Å². The van der Waals surface area contributed by atoms with E-state index < -0.39 is 47.9 Å². The first-order valence-electron chi connectivity index (χ1n) is 7.08. The summed E-state index contributed by atoms with van der Waals surface area (Å²) in [6.45, 7) is 1.33. The van der Waals surface area contributed by atoms with E-state index in [4.69, 9.17) is 9.76 Å². The highest BCUT2D eigenvalue weighted by atomic mass is 19.2. The number of halogens is 2. The number of fused-ring (bicyclic) bond motifs is 1. The average molecular weight is 341 g/mol. The number of Topliss-reactive ketones (excluding diaryl/α,β-unsaturated/α-hetero) is 1. The molecule has 0 fully saturated rings. The molecule has 1 atom stereocenters. The molecule has 7 nitrogen and oxygen atoms in total. The highest BCUT2D eigenvalue weighted by Crippen LogP contribution is 2.33. The minimum atomic E-state index is -1.74. The van der Waals surface area contributed by atoms with Crippen molar-refractivity contribution in [1.29, 1.82) is 0 Å². The van der Waals surface area contributed by atoms with E-state index in [0.29, 0.717) is 0 Å². The van der Waals surface area contributed by atoms with Gasteiger partial charge < -0.3 is 24.9 Å². The molecule has 3 N–H and O–H groups in total. The predicted molar refractivity (Wildman–Crippen MR) is 77.5 cm³/mol. The Morgan fingerprint density at radius 3 is 2.62 bits per heavy atom. The number of carbonyl (C=O) groups excluding carboxylic acids is 2. The Hall–Kier alpha value is -2.49. The Morgan fingerprint density at radius 2 is 2.04 bits per heavy atom. The smallest absolute Gasteiger partial charge is 0.534 e. The second-order valence-corrected chi connectivity index (χ2v) is 5.43. The van der Waals surface area contributed by atoms with Crippen LogP contribution in [-0.2, 0) is 16.0 Å². The van der Waals surface area contributed by atoms with E-state index in [9.17, 15) is 28.2 Å². The lowest BCUT2D eigenvalue weighted by Crippen LogP contribution is -2.53. The van der Waals surface area contributed by atoms with Crippen molar-refractivity contribution in [2.45, 2.75) is 32.1 Å². The van der Waals surface area contributed by atoms with Gasteiger partial charge in [-0.05, 0) is 25.0 Å². The molecule has 0 saturated carbocycles. The van der Waals surface area contributed by atoms with Crippen molar-refractivity contribution in [3.05, 3.63) is 28.8 Å². The number of carboxylic acids is 1. The molecule has 0 saturated heterocycles. The number of carbonyl (C=O) groups is 3. The van der Waals surface area contributed by atoms with Crippen LogP contribution in [0, 0.1) is 11.6 Å². The molecule has 0 spiro atoms. The van der Waals surface area contributed by atoms with Crippen LogP contribution in [0.2, 0.25) is 0 Å². The van der Waals surface area contributed by atoms with Gasteiger partial charge in [0.1, 0.15) is 17.1 Å². The molecule has 2 rings (SSSR count). The van der Waals surface area contributed by atoms with E-state index in [0.717, 1.165) is 6.07 Å². The topological polar surface area (TPSA) is 113 Å². The van der Waals surface area contributed by atoms with Gasteiger partial charge in [-0.15, -0.1) is 0 Å². The van der Waals surface area contributed by atoms with Gasteiger partial charge in [0.05, 0.1) is 5.94 Å². The summed E-state index contributed by atoms with van der Waals surface area (Å²) in [5.74, 6) is -6.85. The summed E-state index contributed by atoms with van der Waals surface area (Å²) in [6.07, 6.45) is -0.224. The monoisotopic (exact) mass is 341 g/mol. The third-order valence-electron chi connectivity index (χ3n) is 3.54. The molecular formula is C14H14BF2NO6. The third-order valence-corrected chi connectivity index (χ3v) is 3.54. The quantitative estimate of drug-likeness (QED) is 0.671. The van der Waals surface area contributed by atoms with Gasteiger partial charge in [0, 0.05) is 12.8 Å². The largest absolute Gasteiger partial charge is 0.547 e. The summed E-state index contributed by atoms with van der Waals surface area (Å²) in [7, 11) is -1.64. The van der Waals surface area contributed by atoms with Crippen molar-refractivity contribution in [3.8, 4) is 5.75 Å². The SMILES string of the molecule is CC(=O)CCC(=O)NC1Cc2cc(F)c(F)c(C(=O)O)c2OB1O. The standard InChI is InChI=1S/C14H14BF2NO6/c1-6(19)2-3-10(20)18-9-5-7-4-8(16)12(17)11(14(21)22)13(7)24-15(9)23/h4,9,23H,2-3,5H2,1H3,(H,18,20)(H,21,22). The van der Waals surface area contributed by atoms with E-state index in [1.165, 1.54) is 6.92 Å². The summed E-state index contributed by atoms with van der Waals surface area (Å²) < 4.78 is 32.2. The van der Waals surface area contributed by atoms with Crippen LogP contribution in [-0.4, -0.2) is 40.8 Å². The third kappa shape index (κ3) is 3.70. The normalized spacial score (nSPS) is 16.2.